The maximum absolute atomic E-state index is 11.4. The van der Waals surface area contributed by atoms with Crippen molar-refractivity contribution in [3.63, 3.8) is 0 Å². The summed E-state index contributed by atoms with van der Waals surface area (Å²) in [7, 11) is 0. The van der Waals surface area contributed by atoms with Gasteiger partial charge in [0.1, 0.15) is 11.6 Å². The minimum absolute atomic E-state index is 0.274. The second-order valence-electron chi connectivity index (χ2n) is 6.23. The number of aromatic nitrogens is 4. The zero-order valence-corrected chi connectivity index (χ0v) is 15.0. The Balaban J connectivity index is 1.82. The monoisotopic (exact) mass is 350 g/mol. The summed E-state index contributed by atoms with van der Waals surface area (Å²) in [4.78, 5) is 20.4. The van der Waals surface area contributed by atoms with E-state index in [-0.39, 0.29) is 5.56 Å². The molecule has 0 unspecified atom stereocenters. The van der Waals surface area contributed by atoms with Crippen LogP contribution in [-0.4, -0.2) is 30.8 Å². The molecule has 3 aromatic rings. The van der Waals surface area contributed by atoms with Crippen LogP contribution < -0.4 is 0 Å². The standard InChI is InChI=1S/C20H22N4O2/c1-3-4-9-19-22-14(2)23-24(19)13-16-11-10-15(12-21-16)17-7-5-6-8-18(17)20(25)26/h5-8,10-12H,3-4,9,13H2,1-2H3,(H,25,26). The number of hydrogen-bond donors (Lipinski definition) is 1. The lowest BCUT2D eigenvalue weighted by atomic mass is 10.0. The van der Waals surface area contributed by atoms with E-state index >= 15 is 0 Å². The highest BCUT2D eigenvalue weighted by molar-refractivity contribution is 5.95. The van der Waals surface area contributed by atoms with Crippen molar-refractivity contribution >= 4 is 5.97 Å². The van der Waals surface area contributed by atoms with Crippen LogP contribution in [0.4, 0.5) is 0 Å². The lowest BCUT2D eigenvalue weighted by molar-refractivity contribution is 0.0697. The van der Waals surface area contributed by atoms with Crippen molar-refractivity contribution in [1.82, 2.24) is 19.7 Å². The number of aryl methyl sites for hydroxylation is 2. The summed E-state index contributed by atoms with van der Waals surface area (Å²) in [6, 6.07) is 10.8. The van der Waals surface area contributed by atoms with Gasteiger partial charge in [0.25, 0.3) is 0 Å². The Morgan fingerprint density at radius 1 is 1.19 bits per heavy atom. The number of aromatic carboxylic acids is 1. The Morgan fingerprint density at radius 2 is 2.00 bits per heavy atom. The minimum atomic E-state index is -0.941. The summed E-state index contributed by atoms with van der Waals surface area (Å²) in [6.07, 6.45) is 4.81. The molecule has 0 amide bonds. The van der Waals surface area contributed by atoms with Crippen molar-refractivity contribution in [2.45, 2.75) is 39.7 Å². The number of nitrogens with zero attached hydrogens (tertiary/aromatic N) is 4. The molecule has 0 aliphatic carbocycles. The van der Waals surface area contributed by atoms with E-state index in [4.69, 9.17) is 0 Å². The molecule has 2 heterocycles. The number of carboxylic acids is 1. The van der Waals surface area contributed by atoms with Crippen LogP contribution in [0.25, 0.3) is 11.1 Å². The van der Waals surface area contributed by atoms with Gasteiger partial charge in [0, 0.05) is 18.2 Å². The third-order valence-electron chi connectivity index (χ3n) is 4.21. The summed E-state index contributed by atoms with van der Waals surface area (Å²) < 4.78 is 1.90. The van der Waals surface area contributed by atoms with E-state index in [1.165, 1.54) is 0 Å². The molecule has 0 radical (unpaired) electrons. The lowest BCUT2D eigenvalue weighted by Gasteiger charge is -2.08. The predicted molar refractivity (Wildman–Crippen MR) is 99.1 cm³/mol. The van der Waals surface area contributed by atoms with E-state index in [1.54, 1.807) is 24.4 Å². The summed E-state index contributed by atoms with van der Waals surface area (Å²) >= 11 is 0. The molecule has 0 spiro atoms. The molecule has 0 saturated carbocycles. The van der Waals surface area contributed by atoms with Crippen molar-refractivity contribution in [3.05, 3.63) is 65.5 Å². The molecule has 1 N–H and O–H groups in total. The highest BCUT2D eigenvalue weighted by Crippen LogP contribution is 2.23. The Kier molecular flexibility index (Phi) is 5.41. The normalized spacial score (nSPS) is 10.8. The average molecular weight is 350 g/mol. The fourth-order valence-corrected chi connectivity index (χ4v) is 2.90. The molecular weight excluding hydrogens is 328 g/mol. The van der Waals surface area contributed by atoms with Crippen LogP contribution in [0.1, 0.15) is 47.5 Å². The van der Waals surface area contributed by atoms with Crippen LogP contribution in [0.15, 0.2) is 42.6 Å². The molecule has 6 nitrogen and oxygen atoms in total. The molecule has 2 aromatic heterocycles. The van der Waals surface area contributed by atoms with Gasteiger partial charge in [-0.3, -0.25) is 4.98 Å². The summed E-state index contributed by atoms with van der Waals surface area (Å²) in [5.74, 6) is 0.804. The van der Waals surface area contributed by atoms with E-state index in [0.717, 1.165) is 42.2 Å². The van der Waals surface area contributed by atoms with E-state index in [1.807, 2.05) is 29.8 Å². The van der Waals surface area contributed by atoms with Crippen LogP contribution in [0.3, 0.4) is 0 Å². The van der Waals surface area contributed by atoms with E-state index < -0.39 is 5.97 Å². The molecule has 0 bridgehead atoms. The fourth-order valence-electron chi connectivity index (χ4n) is 2.90. The molecule has 0 saturated heterocycles. The highest BCUT2D eigenvalue weighted by Gasteiger charge is 2.12. The van der Waals surface area contributed by atoms with Gasteiger partial charge < -0.3 is 5.11 Å². The number of pyridine rings is 1. The van der Waals surface area contributed by atoms with Crippen LogP contribution in [0.2, 0.25) is 0 Å². The Morgan fingerprint density at radius 3 is 2.69 bits per heavy atom. The largest absolute Gasteiger partial charge is 0.478 e. The molecule has 26 heavy (non-hydrogen) atoms. The van der Waals surface area contributed by atoms with Crippen molar-refractivity contribution in [1.29, 1.82) is 0 Å². The van der Waals surface area contributed by atoms with Gasteiger partial charge >= 0.3 is 5.97 Å². The third kappa shape index (κ3) is 3.96. The van der Waals surface area contributed by atoms with Gasteiger partial charge in [0.15, 0.2) is 0 Å². The highest BCUT2D eigenvalue weighted by atomic mass is 16.4. The third-order valence-corrected chi connectivity index (χ3v) is 4.21. The second kappa shape index (κ2) is 7.91. The second-order valence-corrected chi connectivity index (χ2v) is 6.23. The molecular formula is C20H22N4O2. The SMILES string of the molecule is CCCCc1nc(C)nn1Cc1ccc(-c2ccccc2C(=O)O)cn1. The molecule has 0 atom stereocenters. The number of carboxylic acid groups (broad SMARTS) is 1. The summed E-state index contributed by atoms with van der Waals surface area (Å²) in [6.45, 7) is 4.61. The van der Waals surface area contributed by atoms with Crippen molar-refractivity contribution < 1.29 is 9.90 Å². The minimum Gasteiger partial charge on any atom is -0.478 e. The molecule has 0 aliphatic heterocycles. The topological polar surface area (TPSA) is 80.9 Å². The van der Waals surface area contributed by atoms with Crippen LogP contribution in [0.5, 0.6) is 0 Å². The Hall–Kier alpha value is -3.02. The number of rotatable bonds is 7. The summed E-state index contributed by atoms with van der Waals surface area (Å²) in [5.41, 5.74) is 2.59. The molecule has 3 rings (SSSR count). The quantitative estimate of drug-likeness (QED) is 0.702. The average Bonchev–Trinajstić information content (AvgIpc) is 2.99. The van der Waals surface area contributed by atoms with Crippen molar-refractivity contribution in [3.8, 4) is 11.1 Å². The zero-order chi connectivity index (χ0) is 18.5. The summed E-state index contributed by atoms with van der Waals surface area (Å²) in [5, 5.41) is 13.8. The van der Waals surface area contributed by atoms with Gasteiger partial charge in [0.05, 0.1) is 17.8 Å². The first-order chi connectivity index (χ1) is 12.6. The van der Waals surface area contributed by atoms with Gasteiger partial charge in [0.2, 0.25) is 0 Å². The molecule has 0 aliphatic rings. The van der Waals surface area contributed by atoms with Crippen LogP contribution in [-0.2, 0) is 13.0 Å². The zero-order valence-electron chi connectivity index (χ0n) is 15.0. The first-order valence-electron chi connectivity index (χ1n) is 8.76. The molecule has 6 heteroatoms. The lowest BCUT2D eigenvalue weighted by Crippen LogP contribution is -2.08. The maximum Gasteiger partial charge on any atom is 0.336 e. The van der Waals surface area contributed by atoms with Gasteiger partial charge in [-0.15, -0.1) is 0 Å². The van der Waals surface area contributed by atoms with E-state index in [9.17, 15) is 9.90 Å². The van der Waals surface area contributed by atoms with Gasteiger partial charge in [-0.1, -0.05) is 37.6 Å². The molecule has 1 aromatic carbocycles. The number of unbranched alkanes of at least 4 members (excludes halogenated alkanes) is 1. The number of carbonyl (C=O) groups is 1. The van der Waals surface area contributed by atoms with Crippen LogP contribution >= 0.6 is 0 Å². The first kappa shape index (κ1) is 17.8. The fraction of sp³-hybridized carbons (Fsp3) is 0.300. The smallest absolute Gasteiger partial charge is 0.336 e. The first-order valence-corrected chi connectivity index (χ1v) is 8.76. The van der Waals surface area contributed by atoms with E-state index in [0.29, 0.717) is 12.1 Å². The number of hydrogen-bond acceptors (Lipinski definition) is 4. The number of benzene rings is 1. The predicted octanol–water partition coefficient (Wildman–Crippen LogP) is 3.74. The molecule has 0 fully saturated rings. The van der Waals surface area contributed by atoms with Gasteiger partial charge in [-0.2, -0.15) is 5.10 Å². The van der Waals surface area contributed by atoms with Gasteiger partial charge in [-0.05, 0) is 31.0 Å². The molecule has 134 valence electrons. The Bertz CT molecular complexity index is 900. The maximum atomic E-state index is 11.4. The van der Waals surface area contributed by atoms with E-state index in [2.05, 4.69) is 22.0 Å². The van der Waals surface area contributed by atoms with Crippen molar-refractivity contribution in [2.24, 2.45) is 0 Å². The van der Waals surface area contributed by atoms with Gasteiger partial charge in [-0.25, -0.2) is 14.5 Å². The van der Waals surface area contributed by atoms with Crippen molar-refractivity contribution in [2.75, 3.05) is 0 Å². The Labute approximate surface area is 152 Å². The van der Waals surface area contributed by atoms with Crippen LogP contribution in [0, 0.1) is 6.92 Å².